The first-order chi connectivity index (χ1) is 10.7. The van der Waals surface area contributed by atoms with Crippen LogP contribution >= 0.6 is 34.9 Å². The zero-order chi connectivity index (χ0) is 15.8. The first-order valence-corrected chi connectivity index (χ1v) is 10.0. The molecule has 0 aliphatic rings. The molecule has 0 bridgehead atoms. The molecule has 1 aromatic heterocycles. The third kappa shape index (κ3) is 5.62. The van der Waals surface area contributed by atoms with Crippen LogP contribution in [0.3, 0.4) is 0 Å². The second-order valence-electron chi connectivity index (χ2n) is 4.69. The summed E-state index contributed by atoms with van der Waals surface area (Å²) in [7, 11) is 0. The number of rotatable bonds is 8. The van der Waals surface area contributed by atoms with Crippen molar-refractivity contribution in [2.24, 2.45) is 0 Å². The quantitative estimate of drug-likeness (QED) is 0.569. The van der Waals surface area contributed by atoms with Crippen LogP contribution in [-0.2, 0) is 10.5 Å². The first-order valence-electron chi connectivity index (χ1n) is 7.07. The molecule has 0 radical (unpaired) electrons. The van der Waals surface area contributed by atoms with Crippen LogP contribution in [0.25, 0.3) is 0 Å². The van der Waals surface area contributed by atoms with Crippen molar-refractivity contribution in [1.82, 2.24) is 10.2 Å². The van der Waals surface area contributed by atoms with E-state index in [-0.39, 0.29) is 5.91 Å². The van der Waals surface area contributed by atoms with Crippen LogP contribution in [0.2, 0.25) is 0 Å². The number of nitrogens with one attached hydrogen (secondary N) is 1. The molecular formula is C15H19N3OS3. The molecule has 0 spiro atoms. The standard InChI is InChI=1S/C15H19N3OS3/c1-3-8-21-15-18-17-14(22-15)16-13(19)10-20-9-12-7-5-4-6-11(12)2/h4-7H,3,8-10H2,1-2H3,(H,16,17,19). The molecule has 0 fully saturated rings. The van der Waals surface area contributed by atoms with Gasteiger partial charge in [0.05, 0.1) is 5.75 Å². The number of aryl methyl sites for hydroxylation is 1. The smallest absolute Gasteiger partial charge is 0.236 e. The predicted molar refractivity (Wildman–Crippen MR) is 96.9 cm³/mol. The van der Waals surface area contributed by atoms with E-state index in [9.17, 15) is 4.79 Å². The maximum Gasteiger partial charge on any atom is 0.236 e. The lowest BCUT2D eigenvalue weighted by Crippen LogP contribution is -2.14. The second-order valence-corrected chi connectivity index (χ2v) is 7.99. The molecule has 4 nitrogen and oxygen atoms in total. The van der Waals surface area contributed by atoms with Gasteiger partial charge in [0.2, 0.25) is 11.0 Å². The van der Waals surface area contributed by atoms with Crippen LogP contribution in [0.4, 0.5) is 5.13 Å². The molecule has 0 unspecified atom stereocenters. The first kappa shape index (κ1) is 17.3. The van der Waals surface area contributed by atoms with Gasteiger partial charge in [-0.1, -0.05) is 54.3 Å². The summed E-state index contributed by atoms with van der Waals surface area (Å²) in [6.07, 6.45) is 1.10. The lowest BCUT2D eigenvalue weighted by atomic mass is 10.1. The Hall–Kier alpha value is -1.05. The molecule has 1 heterocycles. The minimum atomic E-state index is -0.0261. The van der Waals surface area contributed by atoms with E-state index in [4.69, 9.17) is 0 Å². The van der Waals surface area contributed by atoms with Crippen molar-refractivity contribution in [3.63, 3.8) is 0 Å². The summed E-state index contributed by atoms with van der Waals surface area (Å²) >= 11 is 4.71. The third-order valence-corrected chi connectivity index (χ3v) is 5.99. The number of hydrogen-bond acceptors (Lipinski definition) is 6. The number of carbonyl (C=O) groups excluding carboxylic acids is 1. The molecule has 0 saturated carbocycles. The number of benzene rings is 1. The number of amides is 1. The molecule has 22 heavy (non-hydrogen) atoms. The molecule has 2 rings (SSSR count). The van der Waals surface area contributed by atoms with E-state index in [2.05, 4.69) is 41.5 Å². The largest absolute Gasteiger partial charge is 0.300 e. The minimum absolute atomic E-state index is 0.0261. The fourth-order valence-electron chi connectivity index (χ4n) is 1.69. The Balaban J connectivity index is 1.74. The van der Waals surface area contributed by atoms with Gasteiger partial charge in [-0.05, 0) is 24.5 Å². The van der Waals surface area contributed by atoms with Gasteiger partial charge in [-0.2, -0.15) is 0 Å². The van der Waals surface area contributed by atoms with Crippen molar-refractivity contribution in [3.05, 3.63) is 35.4 Å². The van der Waals surface area contributed by atoms with Crippen LogP contribution in [0.1, 0.15) is 24.5 Å². The van der Waals surface area contributed by atoms with E-state index in [1.807, 2.05) is 12.1 Å². The Kier molecular flexibility index (Phi) is 7.21. The van der Waals surface area contributed by atoms with Gasteiger partial charge in [-0.3, -0.25) is 10.1 Å². The summed E-state index contributed by atoms with van der Waals surface area (Å²) in [5.74, 6) is 2.26. The Morgan fingerprint density at radius 1 is 1.32 bits per heavy atom. The van der Waals surface area contributed by atoms with Gasteiger partial charge >= 0.3 is 0 Å². The fraction of sp³-hybridized carbons (Fsp3) is 0.400. The van der Waals surface area contributed by atoms with E-state index < -0.39 is 0 Å². The zero-order valence-corrected chi connectivity index (χ0v) is 15.1. The number of thioether (sulfide) groups is 2. The molecule has 0 atom stereocenters. The Morgan fingerprint density at radius 3 is 2.91 bits per heavy atom. The highest BCUT2D eigenvalue weighted by molar-refractivity contribution is 8.01. The molecule has 0 aliphatic heterocycles. The van der Waals surface area contributed by atoms with E-state index in [0.29, 0.717) is 10.9 Å². The van der Waals surface area contributed by atoms with Crippen LogP contribution in [0, 0.1) is 6.92 Å². The van der Waals surface area contributed by atoms with E-state index in [1.54, 1.807) is 23.5 Å². The maximum atomic E-state index is 11.9. The zero-order valence-electron chi connectivity index (χ0n) is 12.7. The Labute approximate surface area is 143 Å². The molecular weight excluding hydrogens is 334 g/mol. The van der Waals surface area contributed by atoms with Crippen molar-refractivity contribution in [2.75, 3.05) is 16.8 Å². The van der Waals surface area contributed by atoms with Gasteiger partial charge in [0.15, 0.2) is 4.34 Å². The maximum absolute atomic E-state index is 11.9. The second kappa shape index (κ2) is 9.17. The minimum Gasteiger partial charge on any atom is -0.300 e. The highest BCUT2D eigenvalue weighted by atomic mass is 32.2. The SMILES string of the molecule is CCCSc1nnc(NC(=O)CSCc2ccccc2C)s1. The van der Waals surface area contributed by atoms with Gasteiger partial charge in [-0.25, -0.2) is 0 Å². The average Bonchev–Trinajstić information content (AvgIpc) is 2.94. The summed E-state index contributed by atoms with van der Waals surface area (Å²) in [6.45, 7) is 4.22. The highest BCUT2D eigenvalue weighted by Crippen LogP contribution is 2.26. The van der Waals surface area contributed by atoms with Crippen LogP contribution in [0.5, 0.6) is 0 Å². The molecule has 7 heteroatoms. The predicted octanol–water partition coefficient (Wildman–Crippen LogP) is 4.22. The molecule has 1 N–H and O–H groups in total. The van der Waals surface area contributed by atoms with Crippen LogP contribution in [0.15, 0.2) is 28.6 Å². The molecule has 0 aliphatic carbocycles. The summed E-state index contributed by atoms with van der Waals surface area (Å²) in [5, 5.41) is 11.4. The number of carbonyl (C=O) groups is 1. The lowest BCUT2D eigenvalue weighted by Gasteiger charge is -2.05. The van der Waals surface area contributed by atoms with Crippen LogP contribution in [-0.4, -0.2) is 27.6 Å². The fourth-order valence-corrected chi connectivity index (χ4v) is 4.29. The topological polar surface area (TPSA) is 54.9 Å². The van der Waals surface area contributed by atoms with Gasteiger partial charge < -0.3 is 0 Å². The summed E-state index contributed by atoms with van der Waals surface area (Å²) < 4.78 is 0.907. The average molecular weight is 354 g/mol. The molecule has 118 valence electrons. The highest BCUT2D eigenvalue weighted by Gasteiger charge is 2.09. The Bertz CT molecular complexity index is 616. The van der Waals surface area contributed by atoms with Crippen molar-refractivity contribution in [2.45, 2.75) is 30.4 Å². The van der Waals surface area contributed by atoms with Crippen molar-refractivity contribution in [3.8, 4) is 0 Å². The Morgan fingerprint density at radius 2 is 2.14 bits per heavy atom. The third-order valence-electron chi connectivity index (χ3n) is 2.83. The lowest BCUT2D eigenvalue weighted by molar-refractivity contribution is -0.113. The van der Waals surface area contributed by atoms with Crippen molar-refractivity contribution >= 4 is 45.9 Å². The molecule has 0 saturated heterocycles. The monoisotopic (exact) mass is 353 g/mol. The van der Waals surface area contributed by atoms with Gasteiger partial charge in [-0.15, -0.1) is 22.0 Å². The summed E-state index contributed by atoms with van der Waals surface area (Å²) in [5.41, 5.74) is 2.53. The number of hydrogen-bond donors (Lipinski definition) is 1. The van der Waals surface area contributed by atoms with E-state index >= 15 is 0 Å². The summed E-state index contributed by atoms with van der Waals surface area (Å²) in [6, 6.07) is 8.24. The van der Waals surface area contributed by atoms with Gasteiger partial charge in [0.1, 0.15) is 0 Å². The van der Waals surface area contributed by atoms with E-state index in [0.717, 1.165) is 22.3 Å². The summed E-state index contributed by atoms with van der Waals surface area (Å²) in [4.78, 5) is 11.9. The van der Waals surface area contributed by atoms with E-state index in [1.165, 1.54) is 22.5 Å². The van der Waals surface area contributed by atoms with Crippen molar-refractivity contribution in [1.29, 1.82) is 0 Å². The molecule has 1 aromatic carbocycles. The van der Waals surface area contributed by atoms with Crippen molar-refractivity contribution < 1.29 is 4.79 Å². The molecule has 1 amide bonds. The number of aromatic nitrogens is 2. The number of anilines is 1. The normalized spacial score (nSPS) is 10.6. The van der Waals surface area contributed by atoms with Gasteiger partial charge in [0, 0.05) is 11.5 Å². The van der Waals surface area contributed by atoms with Gasteiger partial charge in [0.25, 0.3) is 0 Å². The number of nitrogens with zero attached hydrogens (tertiary/aromatic N) is 2. The van der Waals surface area contributed by atoms with Crippen LogP contribution < -0.4 is 5.32 Å². The molecule has 2 aromatic rings.